The van der Waals surface area contributed by atoms with Crippen molar-refractivity contribution in [3.05, 3.63) is 45.8 Å². The molecule has 0 aliphatic rings. The van der Waals surface area contributed by atoms with Gasteiger partial charge < -0.3 is 4.74 Å². The van der Waals surface area contributed by atoms with Gasteiger partial charge in [0.1, 0.15) is 16.7 Å². The monoisotopic (exact) mass is 268 g/mol. The van der Waals surface area contributed by atoms with E-state index in [1.54, 1.807) is 25.1 Å². The van der Waals surface area contributed by atoms with Gasteiger partial charge in [-0.15, -0.1) is 0 Å². The van der Waals surface area contributed by atoms with Gasteiger partial charge in [0.2, 0.25) is 5.88 Å². The minimum absolute atomic E-state index is 0.360. The molecule has 17 heavy (non-hydrogen) atoms. The van der Waals surface area contributed by atoms with E-state index in [0.29, 0.717) is 27.6 Å². The van der Waals surface area contributed by atoms with Crippen LogP contribution in [0.15, 0.2) is 24.3 Å². The molecular weight excluding hydrogens is 259 g/mol. The second-order valence-corrected chi connectivity index (χ2v) is 4.41. The Kier molecular flexibility index (Phi) is 3.50. The first kappa shape index (κ1) is 12.1. The maximum absolute atomic E-state index is 5.87. The molecule has 0 unspecified atom stereocenters. The number of halogens is 2. The first-order valence-corrected chi connectivity index (χ1v) is 5.75. The fourth-order valence-corrected chi connectivity index (χ4v) is 1.84. The maximum atomic E-state index is 5.87. The molecule has 2 rings (SSSR count). The highest BCUT2D eigenvalue weighted by molar-refractivity contribution is 6.30. The average molecular weight is 269 g/mol. The predicted octanol–water partition coefficient (Wildman–Crippen LogP) is 4.19. The van der Waals surface area contributed by atoms with Crippen molar-refractivity contribution < 1.29 is 4.74 Å². The largest absolute Gasteiger partial charge is 0.439 e. The summed E-state index contributed by atoms with van der Waals surface area (Å²) in [6.45, 7) is 3.67. The van der Waals surface area contributed by atoms with E-state index in [4.69, 9.17) is 27.9 Å². The predicted molar refractivity (Wildman–Crippen MR) is 68.0 cm³/mol. The molecule has 2 aromatic rings. The van der Waals surface area contributed by atoms with Gasteiger partial charge in [-0.2, -0.15) is 4.98 Å². The van der Waals surface area contributed by atoms with Crippen LogP contribution in [0.5, 0.6) is 11.6 Å². The minimum atomic E-state index is 0.360. The third-order valence-corrected chi connectivity index (χ3v) is 2.56. The maximum Gasteiger partial charge on any atom is 0.224 e. The fraction of sp³-hybridized carbons (Fsp3) is 0.167. The molecule has 88 valence electrons. The molecule has 0 saturated heterocycles. The Balaban J connectivity index is 2.31. The van der Waals surface area contributed by atoms with E-state index >= 15 is 0 Å². The standard InChI is InChI=1S/C12H10Cl2N2O/c1-7-5-9(13)3-4-10(7)17-12-6-11(14)15-8(2)16-12/h3-6H,1-2H3. The molecule has 0 amide bonds. The molecule has 5 heteroatoms. The molecule has 1 aromatic heterocycles. The summed E-state index contributed by atoms with van der Waals surface area (Å²) in [5, 5.41) is 1.03. The molecule has 0 spiro atoms. The van der Waals surface area contributed by atoms with Gasteiger partial charge in [-0.1, -0.05) is 23.2 Å². The van der Waals surface area contributed by atoms with Crippen LogP contribution in [0.3, 0.4) is 0 Å². The SMILES string of the molecule is Cc1nc(Cl)cc(Oc2ccc(Cl)cc2C)n1. The van der Waals surface area contributed by atoms with Crippen LogP contribution in [0, 0.1) is 13.8 Å². The Morgan fingerprint density at radius 2 is 1.82 bits per heavy atom. The molecule has 0 radical (unpaired) electrons. The summed E-state index contributed by atoms with van der Waals surface area (Å²) < 4.78 is 5.63. The molecule has 0 atom stereocenters. The number of nitrogens with zero attached hydrogens (tertiary/aromatic N) is 2. The number of hydrogen-bond acceptors (Lipinski definition) is 3. The third kappa shape index (κ3) is 3.08. The van der Waals surface area contributed by atoms with Gasteiger partial charge >= 0.3 is 0 Å². The van der Waals surface area contributed by atoms with Crippen molar-refractivity contribution in [1.29, 1.82) is 0 Å². The molecule has 0 aliphatic carbocycles. The van der Waals surface area contributed by atoms with Crippen molar-refractivity contribution in [3.63, 3.8) is 0 Å². The van der Waals surface area contributed by atoms with Gasteiger partial charge in [-0.05, 0) is 37.6 Å². The van der Waals surface area contributed by atoms with Crippen LogP contribution >= 0.6 is 23.2 Å². The highest BCUT2D eigenvalue weighted by atomic mass is 35.5. The van der Waals surface area contributed by atoms with Gasteiger partial charge in [-0.25, -0.2) is 4.98 Å². The summed E-state index contributed by atoms with van der Waals surface area (Å²) in [4.78, 5) is 8.11. The van der Waals surface area contributed by atoms with E-state index in [2.05, 4.69) is 9.97 Å². The highest BCUT2D eigenvalue weighted by Gasteiger charge is 2.05. The van der Waals surface area contributed by atoms with Gasteiger partial charge in [0.15, 0.2) is 0 Å². The van der Waals surface area contributed by atoms with Crippen molar-refractivity contribution in [2.75, 3.05) is 0 Å². The molecule has 1 heterocycles. The summed E-state index contributed by atoms with van der Waals surface area (Å²) in [6.07, 6.45) is 0. The Bertz CT molecular complexity index is 538. The van der Waals surface area contributed by atoms with Crippen LogP contribution in [-0.2, 0) is 0 Å². The summed E-state index contributed by atoms with van der Waals surface area (Å²) in [5.74, 6) is 1.69. The van der Waals surface area contributed by atoms with Gasteiger partial charge in [0.05, 0.1) is 0 Å². The molecule has 0 fully saturated rings. The van der Waals surface area contributed by atoms with E-state index in [9.17, 15) is 0 Å². The number of hydrogen-bond donors (Lipinski definition) is 0. The van der Waals surface area contributed by atoms with Crippen molar-refractivity contribution in [1.82, 2.24) is 9.97 Å². The van der Waals surface area contributed by atoms with Crippen LogP contribution in [0.1, 0.15) is 11.4 Å². The second kappa shape index (κ2) is 4.90. The number of aromatic nitrogens is 2. The number of rotatable bonds is 2. The van der Waals surface area contributed by atoms with Crippen LogP contribution < -0.4 is 4.74 Å². The number of ether oxygens (including phenoxy) is 1. The second-order valence-electron chi connectivity index (χ2n) is 3.59. The first-order chi connectivity index (χ1) is 8.04. The van der Waals surface area contributed by atoms with E-state index < -0.39 is 0 Å². The Morgan fingerprint density at radius 1 is 1.06 bits per heavy atom. The summed E-state index contributed by atoms with van der Waals surface area (Å²) in [5.41, 5.74) is 0.935. The topological polar surface area (TPSA) is 35.0 Å². The first-order valence-electron chi connectivity index (χ1n) is 5.00. The zero-order valence-corrected chi connectivity index (χ0v) is 10.9. The van der Waals surface area contributed by atoms with E-state index in [1.807, 2.05) is 13.0 Å². The summed E-state index contributed by atoms with van der Waals surface area (Å²) in [6, 6.07) is 6.96. The zero-order valence-electron chi connectivity index (χ0n) is 9.37. The lowest BCUT2D eigenvalue weighted by molar-refractivity contribution is 0.456. The lowest BCUT2D eigenvalue weighted by atomic mass is 10.2. The fourth-order valence-electron chi connectivity index (χ4n) is 1.40. The molecule has 0 aliphatic heterocycles. The number of aryl methyl sites for hydroxylation is 2. The number of benzene rings is 1. The lowest BCUT2D eigenvalue weighted by Crippen LogP contribution is -1.94. The van der Waals surface area contributed by atoms with Gasteiger partial charge in [-0.3, -0.25) is 0 Å². The molecule has 0 N–H and O–H groups in total. The molecule has 0 saturated carbocycles. The van der Waals surface area contributed by atoms with Crippen molar-refractivity contribution in [2.24, 2.45) is 0 Å². The Hall–Kier alpha value is -1.32. The highest BCUT2D eigenvalue weighted by Crippen LogP contribution is 2.27. The van der Waals surface area contributed by atoms with Crippen LogP contribution in [-0.4, -0.2) is 9.97 Å². The lowest BCUT2D eigenvalue weighted by Gasteiger charge is -2.08. The smallest absolute Gasteiger partial charge is 0.224 e. The summed E-state index contributed by atoms with van der Waals surface area (Å²) in [7, 11) is 0. The molecule has 0 bridgehead atoms. The quantitative estimate of drug-likeness (QED) is 0.766. The van der Waals surface area contributed by atoms with E-state index in [1.165, 1.54) is 0 Å². The van der Waals surface area contributed by atoms with E-state index in [0.717, 1.165) is 5.56 Å². The third-order valence-electron chi connectivity index (χ3n) is 2.13. The Morgan fingerprint density at radius 3 is 2.47 bits per heavy atom. The summed E-state index contributed by atoms with van der Waals surface area (Å²) >= 11 is 11.7. The zero-order chi connectivity index (χ0) is 12.4. The van der Waals surface area contributed by atoms with Gasteiger partial charge in [0, 0.05) is 11.1 Å². The molecular formula is C12H10Cl2N2O. The van der Waals surface area contributed by atoms with Gasteiger partial charge in [0.25, 0.3) is 0 Å². The van der Waals surface area contributed by atoms with Crippen molar-refractivity contribution in [3.8, 4) is 11.6 Å². The Labute approximate surface area is 109 Å². The molecule has 1 aromatic carbocycles. The van der Waals surface area contributed by atoms with Crippen molar-refractivity contribution >= 4 is 23.2 Å². The molecule has 3 nitrogen and oxygen atoms in total. The van der Waals surface area contributed by atoms with Crippen molar-refractivity contribution in [2.45, 2.75) is 13.8 Å². The normalized spacial score (nSPS) is 10.4. The van der Waals surface area contributed by atoms with Crippen LogP contribution in [0.2, 0.25) is 10.2 Å². The minimum Gasteiger partial charge on any atom is -0.439 e. The van der Waals surface area contributed by atoms with Crippen LogP contribution in [0.25, 0.3) is 0 Å². The average Bonchev–Trinajstić information content (AvgIpc) is 2.21. The van der Waals surface area contributed by atoms with Crippen LogP contribution in [0.4, 0.5) is 0 Å². The van der Waals surface area contributed by atoms with E-state index in [-0.39, 0.29) is 0 Å².